The molecule has 0 aromatic rings. The molecule has 0 aliphatic heterocycles. The molecule has 40 heavy (non-hydrogen) atoms. The first-order valence-electron chi connectivity index (χ1n) is 11.7. The maximum Gasteiger partial charge on any atom is 0.0662 e. The second kappa shape index (κ2) is 1010. The maximum absolute atomic E-state index is 7.62. The van der Waals surface area contributed by atoms with Crippen molar-refractivity contribution in [2.45, 2.75) is 41.5 Å². The van der Waals surface area contributed by atoms with E-state index >= 15 is 0 Å². The molecule has 0 atom stereocenters. The molecule has 4 nitrogen and oxygen atoms in total. The smallest absolute Gasteiger partial charge is 0.0662 e. The van der Waals surface area contributed by atoms with Gasteiger partial charge < -0.3 is 20.4 Å². The highest BCUT2D eigenvalue weighted by atomic mass is 16.3. The van der Waals surface area contributed by atoms with E-state index in [0.29, 0.717) is 0 Å². The molecule has 0 amide bonds. The predicted octanol–water partition coefficient (Wildman–Crippen LogP) is 10.7. The Bertz CT molecular complexity index is 214. The molecule has 0 aromatic heterocycles. The van der Waals surface area contributed by atoms with E-state index < -0.39 is 0 Å². The summed E-state index contributed by atoms with van der Waals surface area (Å²) in [6, 6.07) is 0. The number of hydrogen-bond donors (Lipinski definition) is 4. The number of aliphatic hydroxyl groups is 4. The SMILES string of the molecule is C=C.C=C.C=C.C=C.C=C.C=C.C=C.C=CC.C=CC.C=CC.C=CC.C=CC.C=CC.OCCO.OCCO. The molecule has 0 saturated carbocycles. The van der Waals surface area contributed by atoms with Crippen LogP contribution in [0.1, 0.15) is 41.5 Å². The van der Waals surface area contributed by atoms with Gasteiger partial charge in [-0.15, -0.1) is 132 Å². The summed E-state index contributed by atoms with van der Waals surface area (Å²) < 4.78 is 0. The molecule has 0 rings (SSSR count). The normalized spacial score (nSPS) is 4.15. The predicted molar refractivity (Wildman–Crippen MR) is 202 cm³/mol. The largest absolute Gasteiger partial charge is 0.394 e. The summed E-state index contributed by atoms with van der Waals surface area (Å²) in [6.07, 6.45) is 10.5. The van der Waals surface area contributed by atoms with Crippen LogP contribution in [0.25, 0.3) is 0 Å². The maximum atomic E-state index is 7.62. The molecule has 0 bridgehead atoms. The van der Waals surface area contributed by atoms with Crippen LogP contribution >= 0.6 is 0 Å². The fourth-order valence-electron chi connectivity index (χ4n) is 0. The lowest BCUT2D eigenvalue weighted by Crippen LogP contribution is -1.85. The average molecular weight is 573 g/mol. The highest BCUT2D eigenvalue weighted by molar-refractivity contribution is 4.53. The van der Waals surface area contributed by atoms with E-state index in [1.807, 2.05) is 41.5 Å². The number of allylic oxidation sites excluding steroid dienone is 6. The summed E-state index contributed by atoms with van der Waals surface area (Å²) >= 11 is 0. The van der Waals surface area contributed by atoms with Gasteiger partial charge in [-0.1, -0.05) is 36.5 Å². The van der Waals surface area contributed by atoms with Crippen molar-refractivity contribution in [2.75, 3.05) is 26.4 Å². The lowest BCUT2D eigenvalue weighted by Gasteiger charge is -1.70. The molecule has 0 aliphatic rings. The molecule has 0 unspecified atom stereocenters. The van der Waals surface area contributed by atoms with Gasteiger partial charge in [-0.05, 0) is 41.5 Å². The van der Waals surface area contributed by atoms with Crippen LogP contribution in [0.15, 0.2) is 168 Å². The van der Waals surface area contributed by atoms with Crippen LogP contribution in [0.3, 0.4) is 0 Å². The zero-order valence-electron chi connectivity index (χ0n) is 28.2. The van der Waals surface area contributed by atoms with E-state index in [9.17, 15) is 0 Å². The van der Waals surface area contributed by atoms with Crippen LogP contribution < -0.4 is 0 Å². The van der Waals surface area contributed by atoms with E-state index in [4.69, 9.17) is 20.4 Å². The summed E-state index contributed by atoms with van der Waals surface area (Å²) in [5.41, 5.74) is 0. The summed E-state index contributed by atoms with van der Waals surface area (Å²) in [6.45, 7) is 73.0. The second-order valence-corrected chi connectivity index (χ2v) is 3.34. The molecular weight excluding hydrogens is 496 g/mol. The Kier molecular flexibility index (Phi) is 2510. The number of aliphatic hydroxyl groups excluding tert-OH is 4. The van der Waals surface area contributed by atoms with Crippen LogP contribution in [0.4, 0.5) is 0 Å². The highest BCUT2D eigenvalue weighted by Gasteiger charge is 1.58. The summed E-state index contributed by atoms with van der Waals surface area (Å²) in [7, 11) is 0. The van der Waals surface area contributed by atoms with Gasteiger partial charge in [-0.25, -0.2) is 0 Å². The van der Waals surface area contributed by atoms with Gasteiger partial charge in [0.1, 0.15) is 0 Å². The van der Waals surface area contributed by atoms with Gasteiger partial charge in [0.15, 0.2) is 0 Å². The van der Waals surface area contributed by atoms with Gasteiger partial charge in [0.05, 0.1) is 26.4 Å². The molecule has 0 spiro atoms. The van der Waals surface area contributed by atoms with Crippen LogP contribution in [0.5, 0.6) is 0 Å². The van der Waals surface area contributed by atoms with Crippen LogP contribution in [-0.2, 0) is 0 Å². The van der Waals surface area contributed by atoms with Gasteiger partial charge in [0, 0.05) is 0 Å². The molecule has 0 fully saturated rings. The molecule has 0 aliphatic carbocycles. The summed E-state index contributed by atoms with van der Waals surface area (Å²) in [4.78, 5) is 0. The fraction of sp³-hybridized carbons (Fsp3) is 0.278. The molecule has 4 N–H and O–H groups in total. The van der Waals surface area contributed by atoms with E-state index in [2.05, 4.69) is 132 Å². The van der Waals surface area contributed by atoms with Crippen molar-refractivity contribution >= 4 is 0 Å². The van der Waals surface area contributed by atoms with Gasteiger partial charge in [0.25, 0.3) is 0 Å². The molecule has 0 heterocycles. The number of rotatable bonds is 2. The van der Waals surface area contributed by atoms with Crippen molar-refractivity contribution in [2.24, 2.45) is 0 Å². The van der Waals surface area contributed by atoms with Crippen LogP contribution in [-0.4, -0.2) is 46.9 Å². The van der Waals surface area contributed by atoms with Crippen LogP contribution in [0, 0.1) is 0 Å². The minimum absolute atomic E-state index is 0.125. The third-order valence-corrected chi connectivity index (χ3v) is 0.200. The first kappa shape index (κ1) is 99.5. The Hall–Kier alpha value is -3.54. The zero-order chi connectivity index (χ0) is 37.1. The van der Waals surface area contributed by atoms with Gasteiger partial charge in [-0.2, -0.15) is 0 Å². The molecule has 0 saturated heterocycles. The Labute approximate surface area is 256 Å². The third-order valence-electron chi connectivity index (χ3n) is 0.200. The minimum atomic E-state index is -0.125. The second-order valence-electron chi connectivity index (χ2n) is 3.34. The Morgan fingerprint density at radius 3 is 0.300 bits per heavy atom. The highest BCUT2D eigenvalue weighted by Crippen LogP contribution is 1.41. The first-order chi connectivity index (χ1) is 19.3. The number of hydrogen-bond acceptors (Lipinski definition) is 4. The van der Waals surface area contributed by atoms with Crippen molar-refractivity contribution in [1.29, 1.82) is 0 Å². The van der Waals surface area contributed by atoms with Gasteiger partial charge in [-0.3, -0.25) is 0 Å². The summed E-state index contributed by atoms with van der Waals surface area (Å²) in [5.74, 6) is 0. The van der Waals surface area contributed by atoms with Crippen molar-refractivity contribution in [3.8, 4) is 0 Å². The topological polar surface area (TPSA) is 80.9 Å². The third kappa shape index (κ3) is 16300. The van der Waals surface area contributed by atoms with Crippen molar-refractivity contribution in [3.05, 3.63) is 168 Å². The molecule has 0 aromatic carbocycles. The quantitative estimate of drug-likeness (QED) is 0.248. The molecule has 4 heteroatoms. The molecule has 244 valence electrons. The van der Waals surface area contributed by atoms with Crippen molar-refractivity contribution < 1.29 is 20.4 Å². The van der Waals surface area contributed by atoms with E-state index in [1.165, 1.54) is 0 Å². The van der Waals surface area contributed by atoms with Crippen molar-refractivity contribution in [3.63, 3.8) is 0 Å². The van der Waals surface area contributed by atoms with E-state index in [-0.39, 0.29) is 26.4 Å². The average Bonchev–Trinajstić information content (AvgIpc) is 3.02. The van der Waals surface area contributed by atoms with Gasteiger partial charge >= 0.3 is 0 Å². The first-order valence-corrected chi connectivity index (χ1v) is 11.7. The zero-order valence-corrected chi connectivity index (χ0v) is 28.2. The van der Waals surface area contributed by atoms with E-state index in [1.54, 1.807) is 36.5 Å². The van der Waals surface area contributed by atoms with E-state index in [0.717, 1.165) is 0 Å². The van der Waals surface area contributed by atoms with Crippen LogP contribution in [0.2, 0.25) is 0 Å². The van der Waals surface area contributed by atoms with Crippen molar-refractivity contribution in [1.82, 2.24) is 0 Å². The standard InChI is InChI=1S/6C3H6.2C2H6O2.7C2H4/c6*1-3-2;2*3-1-2-4;7*1-2/h6*3H,1H2,2H3;2*3-4H,1-2H2;7*1-2H2. The lowest BCUT2D eigenvalue weighted by molar-refractivity contribution is 0.186. The fourth-order valence-corrected chi connectivity index (χ4v) is 0. The summed E-state index contributed by atoms with van der Waals surface area (Å²) in [5, 5.41) is 30.5. The van der Waals surface area contributed by atoms with Gasteiger partial charge in [0.2, 0.25) is 0 Å². The molecule has 0 radical (unpaired) electrons. The Morgan fingerprint density at radius 2 is 0.300 bits per heavy atom. The molecular formula is C36H76O4. The Morgan fingerprint density at radius 1 is 0.275 bits per heavy atom. The minimum Gasteiger partial charge on any atom is -0.394 e. The monoisotopic (exact) mass is 573 g/mol. The lowest BCUT2D eigenvalue weighted by atomic mass is 10.8. The Balaban J connectivity index is -0.0000000130.